The fourth-order valence-electron chi connectivity index (χ4n) is 3.33. The molecule has 0 aliphatic heterocycles. The van der Waals surface area contributed by atoms with Crippen molar-refractivity contribution in [1.82, 2.24) is 5.32 Å². The molecule has 0 aliphatic rings. The first-order valence-electron chi connectivity index (χ1n) is 10.4. The van der Waals surface area contributed by atoms with Crippen molar-refractivity contribution in [3.05, 3.63) is 86.4 Å². The fourth-order valence-corrected chi connectivity index (χ4v) is 3.94. The molecule has 2 rings (SSSR count). The highest BCUT2D eigenvalue weighted by atomic mass is 35.5. The van der Waals surface area contributed by atoms with E-state index in [1.54, 1.807) is 6.92 Å². The highest BCUT2D eigenvalue weighted by molar-refractivity contribution is 6.48. The summed E-state index contributed by atoms with van der Waals surface area (Å²) in [5, 5.41) is 2.11. The maximum atomic E-state index is 15.0. The number of alkyl halides is 3. The Morgan fingerprint density at radius 3 is 2.23 bits per heavy atom. The van der Waals surface area contributed by atoms with E-state index in [0.29, 0.717) is 11.6 Å². The minimum atomic E-state index is -4.84. The van der Waals surface area contributed by atoms with Crippen LogP contribution in [0.2, 0.25) is 15.1 Å². The first kappa shape index (κ1) is 28.9. The van der Waals surface area contributed by atoms with E-state index in [9.17, 15) is 27.2 Å². The molecule has 2 aromatic carbocycles. The molecule has 0 heterocycles. The molecule has 0 spiro atoms. The first-order chi connectivity index (χ1) is 16.3. The molecule has 0 fully saturated rings. The molecule has 3 nitrogen and oxygen atoms in total. The second-order valence-corrected chi connectivity index (χ2v) is 9.12. The van der Waals surface area contributed by atoms with Crippen LogP contribution in [-0.4, -0.2) is 24.4 Å². The summed E-state index contributed by atoms with van der Waals surface area (Å²) in [5.41, 5.74) is 0.0833. The Morgan fingerprint density at radius 1 is 1.11 bits per heavy atom. The van der Waals surface area contributed by atoms with Gasteiger partial charge >= 0.3 is 6.18 Å². The summed E-state index contributed by atoms with van der Waals surface area (Å²) in [5.74, 6) is -4.76. The molecule has 2 atom stereocenters. The fraction of sp³-hybridized carbons (Fsp3) is 0.280. The van der Waals surface area contributed by atoms with E-state index in [1.165, 1.54) is 31.2 Å². The van der Waals surface area contributed by atoms with Gasteiger partial charge in [-0.05, 0) is 42.3 Å². The second-order valence-electron chi connectivity index (χ2n) is 7.92. The average molecular weight is 551 g/mol. The number of amides is 1. The summed E-state index contributed by atoms with van der Waals surface area (Å²) in [6.07, 6.45) is -3.00. The van der Waals surface area contributed by atoms with Gasteiger partial charge in [0, 0.05) is 30.0 Å². The zero-order valence-electron chi connectivity index (χ0n) is 18.8. The van der Waals surface area contributed by atoms with Crippen molar-refractivity contribution >= 4 is 52.3 Å². The lowest BCUT2D eigenvalue weighted by Crippen LogP contribution is -2.30. The van der Waals surface area contributed by atoms with Crippen LogP contribution >= 0.6 is 34.8 Å². The van der Waals surface area contributed by atoms with E-state index in [4.69, 9.17) is 34.8 Å². The van der Waals surface area contributed by atoms with E-state index in [1.807, 2.05) is 0 Å². The molecule has 0 aromatic heterocycles. The molecule has 0 aliphatic carbocycles. The maximum Gasteiger partial charge on any atom is 0.399 e. The lowest BCUT2D eigenvalue weighted by Gasteiger charge is -2.19. The summed E-state index contributed by atoms with van der Waals surface area (Å²) in [6.45, 7) is 6.89. The molecule has 1 unspecified atom stereocenters. The molecule has 0 saturated carbocycles. The van der Waals surface area contributed by atoms with Gasteiger partial charge < -0.3 is 5.32 Å². The summed E-state index contributed by atoms with van der Waals surface area (Å²) < 4.78 is 56.2. The van der Waals surface area contributed by atoms with Crippen LogP contribution in [-0.2, 0) is 4.79 Å². The minimum Gasteiger partial charge on any atom is -0.352 e. The van der Waals surface area contributed by atoms with Gasteiger partial charge in [0.15, 0.2) is 5.78 Å². The van der Waals surface area contributed by atoms with E-state index in [0.717, 1.165) is 12.1 Å². The molecule has 10 heteroatoms. The monoisotopic (exact) mass is 549 g/mol. The van der Waals surface area contributed by atoms with Crippen molar-refractivity contribution in [3.63, 3.8) is 0 Å². The van der Waals surface area contributed by atoms with Crippen LogP contribution in [0.1, 0.15) is 46.3 Å². The Hall–Kier alpha value is -2.35. The molecule has 1 N–H and O–H groups in total. The molecular formula is C25H22Cl3F4NO2. The molecule has 0 bridgehead atoms. The number of hydrogen-bond acceptors (Lipinski definition) is 2. The SMILES string of the molecule is C=CCNC(=O)[C@@H](C)CC(=O)c1ccc(/C(F)=C/C(c2cc(Cl)c(Cl)c(Cl)c2)C(F)(F)F)cc1C. The number of aryl methyl sites for hydroxylation is 1. The van der Waals surface area contributed by atoms with Crippen LogP contribution in [0.4, 0.5) is 17.6 Å². The van der Waals surface area contributed by atoms with Crippen LogP contribution in [0.15, 0.2) is 49.1 Å². The number of nitrogens with one attached hydrogen (secondary N) is 1. The van der Waals surface area contributed by atoms with Gasteiger partial charge in [0.2, 0.25) is 5.91 Å². The van der Waals surface area contributed by atoms with Gasteiger partial charge in [-0.15, -0.1) is 6.58 Å². The number of rotatable bonds is 9. The van der Waals surface area contributed by atoms with Crippen LogP contribution in [0, 0.1) is 12.8 Å². The Balaban J connectivity index is 2.32. The topological polar surface area (TPSA) is 46.2 Å². The number of ketones is 1. The number of halogens is 7. The number of benzene rings is 2. The highest BCUT2D eigenvalue weighted by Gasteiger charge is 2.40. The van der Waals surface area contributed by atoms with E-state index < -0.39 is 23.8 Å². The van der Waals surface area contributed by atoms with Crippen molar-refractivity contribution < 1.29 is 27.2 Å². The van der Waals surface area contributed by atoms with Gasteiger partial charge in [-0.1, -0.05) is 59.9 Å². The van der Waals surface area contributed by atoms with Gasteiger partial charge in [-0.25, -0.2) is 4.39 Å². The maximum absolute atomic E-state index is 15.0. The summed E-state index contributed by atoms with van der Waals surface area (Å²) in [6, 6.07) is 5.78. The van der Waals surface area contributed by atoms with Crippen LogP contribution in [0.25, 0.3) is 5.83 Å². The average Bonchev–Trinajstić information content (AvgIpc) is 2.77. The molecule has 2 aromatic rings. The summed E-state index contributed by atoms with van der Waals surface area (Å²) in [7, 11) is 0. The van der Waals surface area contributed by atoms with Gasteiger partial charge in [0.25, 0.3) is 0 Å². The van der Waals surface area contributed by atoms with E-state index >= 15 is 0 Å². The number of hydrogen-bond donors (Lipinski definition) is 1. The zero-order valence-corrected chi connectivity index (χ0v) is 21.0. The molecule has 0 radical (unpaired) electrons. The molecule has 0 saturated heterocycles. The smallest absolute Gasteiger partial charge is 0.352 e. The standard InChI is InChI=1S/C25H22Cl3F4NO2/c1-4-7-33-24(35)14(3)9-22(34)17-6-5-15(8-13(17)2)21(29)12-18(25(30,31)32)16-10-19(26)23(28)20(27)11-16/h4-6,8,10-12,14,18H,1,7,9H2,2-3H3,(H,33,35)/b21-12-/t14-,18?/m0/s1. The largest absolute Gasteiger partial charge is 0.399 e. The van der Waals surface area contributed by atoms with Gasteiger partial charge in [0.1, 0.15) is 11.7 Å². The third-order valence-corrected chi connectivity index (χ3v) is 6.39. The minimum absolute atomic E-state index is 0.0876. The van der Waals surface area contributed by atoms with Gasteiger partial charge in [-0.2, -0.15) is 13.2 Å². The molecule has 188 valence electrons. The number of allylic oxidation sites excluding steroid dienone is 1. The Kier molecular flexibility index (Phi) is 9.95. The quantitative estimate of drug-likeness (QED) is 0.148. The summed E-state index contributed by atoms with van der Waals surface area (Å²) in [4.78, 5) is 24.6. The Morgan fingerprint density at radius 2 is 1.71 bits per heavy atom. The normalized spacial score (nSPS) is 13.8. The first-order valence-corrected chi connectivity index (χ1v) is 11.5. The molecule has 35 heavy (non-hydrogen) atoms. The van der Waals surface area contributed by atoms with Gasteiger partial charge in [0.05, 0.1) is 15.1 Å². The van der Waals surface area contributed by atoms with Crippen molar-refractivity contribution in [2.24, 2.45) is 5.92 Å². The van der Waals surface area contributed by atoms with Crippen molar-refractivity contribution in [2.45, 2.75) is 32.4 Å². The second kappa shape index (κ2) is 12.1. The summed E-state index contributed by atoms with van der Waals surface area (Å²) >= 11 is 17.5. The number of carbonyl (C=O) groups excluding carboxylic acids is 2. The zero-order chi connectivity index (χ0) is 26.5. The predicted octanol–water partition coefficient (Wildman–Crippen LogP) is 8.12. The third-order valence-electron chi connectivity index (χ3n) is 5.19. The van der Waals surface area contributed by atoms with Crippen molar-refractivity contribution in [1.29, 1.82) is 0 Å². The number of carbonyl (C=O) groups is 2. The highest BCUT2D eigenvalue weighted by Crippen LogP contribution is 2.42. The van der Waals surface area contributed by atoms with Crippen molar-refractivity contribution in [2.75, 3.05) is 6.54 Å². The third kappa shape index (κ3) is 7.56. The Bertz CT molecular complexity index is 1140. The lowest BCUT2D eigenvalue weighted by atomic mass is 9.93. The van der Waals surface area contributed by atoms with E-state index in [2.05, 4.69) is 11.9 Å². The van der Waals surface area contributed by atoms with Crippen LogP contribution < -0.4 is 5.32 Å². The lowest BCUT2D eigenvalue weighted by molar-refractivity contribution is -0.139. The van der Waals surface area contributed by atoms with Gasteiger partial charge in [-0.3, -0.25) is 9.59 Å². The van der Waals surface area contributed by atoms with E-state index in [-0.39, 0.29) is 56.4 Å². The van der Waals surface area contributed by atoms with Crippen molar-refractivity contribution in [3.8, 4) is 0 Å². The Labute approximate surface area is 215 Å². The van der Waals surface area contributed by atoms with Crippen LogP contribution in [0.3, 0.4) is 0 Å². The van der Waals surface area contributed by atoms with Crippen LogP contribution in [0.5, 0.6) is 0 Å². The predicted molar refractivity (Wildman–Crippen MR) is 132 cm³/mol. The molecule has 1 amide bonds. The number of Topliss-reactive ketones (excluding diaryl/α,β-unsaturated/α-hetero) is 1. The molecular weight excluding hydrogens is 529 g/mol.